The molecule has 3 aliphatic rings. The number of piperidine rings is 1. The summed E-state index contributed by atoms with van der Waals surface area (Å²) in [6.45, 7) is 9.07. The first kappa shape index (κ1) is 28.8. The largest absolute Gasteiger partial charge is 0.496 e. The monoisotopic (exact) mass is 580 g/mol. The number of methoxy groups -OCH3 is 1. The molecule has 2 fully saturated rings. The molecule has 0 aliphatic carbocycles. The number of piperazine rings is 1. The summed E-state index contributed by atoms with van der Waals surface area (Å²) >= 11 is 0. The highest BCUT2D eigenvalue weighted by molar-refractivity contribution is 6.23. The van der Waals surface area contributed by atoms with Gasteiger partial charge in [0, 0.05) is 57.4 Å². The van der Waals surface area contributed by atoms with E-state index in [1.54, 1.807) is 13.2 Å². The Morgan fingerprint density at radius 1 is 0.814 bits per heavy atom. The van der Waals surface area contributed by atoms with Crippen molar-refractivity contribution in [3.63, 3.8) is 0 Å². The molecule has 3 amide bonds. The summed E-state index contributed by atoms with van der Waals surface area (Å²) in [5.41, 5.74) is 6.50. The molecule has 8 heteroatoms. The molecule has 0 unspecified atom stereocenters. The molecule has 224 valence electrons. The molecule has 0 bridgehead atoms. The fourth-order valence-corrected chi connectivity index (χ4v) is 6.88. The fraction of sp³-hybridized carbons (Fsp3) is 0.400. The molecule has 3 aromatic rings. The normalized spacial score (nSPS) is 17.5. The summed E-state index contributed by atoms with van der Waals surface area (Å²) in [7, 11) is 1.62. The lowest BCUT2D eigenvalue weighted by atomic mass is 9.93. The van der Waals surface area contributed by atoms with Crippen LogP contribution < -0.4 is 14.5 Å². The molecular weight excluding hydrogens is 540 g/mol. The number of para-hydroxylation sites is 1. The van der Waals surface area contributed by atoms with Crippen molar-refractivity contribution in [3.8, 4) is 5.75 Å². The van der Waals surface area contributed by atoms with Crippen molar-refractivity contribution in [2.75, 3.05) is 62.7 Å². The Kier molecular flexibility index (Phi) is 8.10. The number of amides is 3. The third-order valence-corrected chi connectivity index (χ3v) is 9.24. The van der Waals surface area contributed by atoms with Gasteiger partial charge < -0.3 is 19.4 Å². The minimum absolute atomic E-state index is 0.0182. The minimum atomic E-state index is -0.248. The predicted octanol–water partition coefficient (Wildman–Crippen LogP) is 4.72. The maximum absolute atomic E-state index is 13.6. The van der Waals surface area contributed by atoms with Gasteiger partial charge in [-0.25, -0.2) is 0 Å². The highest BCUT2D eigenvalue weighted by atomic mass is 16.5. The molecule has 0 spiro atoms. The maximum Gasteiger partial charge on any atom is 0.263 e. The third kappa shape index (κ3) is 5.58. The van der Waals surface area contributed by atoms with Crippen molar-refractivity contribution < 1.29 is 19.1 Å². The van der Waals surface area contributed by atoms with E-state index < -0.39 is 0 Å². The van der Waals surface area contributed by atoms with Crippen LogP contribution >= 0.6 is 0 Å². The van der Waals surface area contributed by atoms with Gasteiger partial charge in [0.25, 0.3) is 11.8 Å². The van der Waals surface area contributed by atoms with Crippen molar-refractivity contribution in [3.05, 3.63) is 88.5 Å². The van der Waals surface area contributed by atoms with Gasteiger partial charge in [0.1, 0.15) is 5.75 Å². The Bertz CT molecular complexity index is 1540. The first-order valence-electron chi connectivity index (χ1n) is 15.3. The van der Waals surface area contributed by atoms with E-state index in [1.807, 2.05) is 41.3 Å². The van der Waals surface area contributed by atoms with Crippen LogP contribution in [0.2, 0.25) is 0 Å². The first-order chi connectivity index (χ1) is 20.9. The second-order valence-corrected chi connectivity index (χ2v) is 11.9. The van der Waals surface area contributed by atoms with Gasteiger partial charge in [-0.15, -0.1) is 0 Å². The number of benzene rings is 3. The van der Waals surface area contributed by atoms with Gasteiger partial charge in [0.05, 0.1) is 23.9 Å². The van der Waals surface area contributed by atoms with E-state index in [4.69, 9.17) is 4.74 Å². The number of hydrogen-bond acceptors (Lipinski definition) is 6. The average Bonchev–Trinajstić information content (AvgIpc) is 3.28. The summed E-state index contributed by atoms with van der Waals surface area (Å²) in [5, 5.41) is 0. The smallest absolute Gasteiger partial charge is 0.263 e. The number of aryl methyl sites for hydroxylation is 2. The lowest BCUT2D eigenvalue weighted by Crippen LogP contribution is -2.52. The van der Waals surface area contributed by atoms with Crippen LogP contribution in [0.4, 0.5) is 11.4 Å². The second kappa shape index (κ2) is 12.1. The van der Waals surface area contributed by atoms with Gasteiger partial charge >= 0.3 is 0 Å². The average molecular weight is 581 g/mol. The SMILES string of the molecule is COc1ccccc1CCN1C(=O)c2cccc(N3CCC(C(=O)N4CCN(c5ccc(C)cc5C)CC4)CC3)c2C1=O. The van der Waals surface area contributed by atoms with Gasteiger partial charge in [-0.3, -0.25) is 19.3 Å². The molecule has 0 radical (unpaired) electrons. The second-order valence-electron chi connectivity index (χ2n) is 11.9. The zero-order valence-corrected chi connectivity index (χ0v) is 25.3. The summed E-state index contributed by atoms with van der Waals surface area (Å²) < 4.78 is 5.45. The van der Waals surface area contributed by atoms with Gasteiger partial charge in [-0.2, -0.15) is 0 Å². The molecule has 3 heterocycles. The maximum atomic E-state index is 13.6. The van der Waals surface area contributed by atoms with E-state index in [2.05, 4.69) is 41.8 Å². The molecule has 3 aliphatic heterocycles. The molecule has 8 nitrogen and oxygen atoms in total. The number of rotatable bonds is 7. The molecule has 0 N–H and O–H groups in total. The number of anilines is 2. The van der Waals surface area contributed by atoms with Gasteiger partial charge in [0.2, 0.25) is 5.91 Å². The number of carbonyl (C=O) groups is 3. The highest BCUT2D eigenvalue weighted by Crippen LogP contribution is 2.35. The highest BCUT2D eigenvalue weighted by Gasteiger charge is 2.39. The van der Waals surface area contributed by atoms with Crippen LogP contribution in [0.3, 0.4) is 0 Å². The molecular formula is C35H40N4O4. The van der Waals surface area contributed by atoms with Crippen molar-refractivity contribution in [2.45, 2.75) is 33.1 Å². The lowest BCUT2D eigenvalue weighted by Gasteiger charge is -2.40. The zero-order chi connectivity index (χ0) is 30.1. The van der Waals surface area contributed by atoms with Crippen molar-refractivity contribution in [1.82, 2.24) is 9.80 Å². The number of nitrogens with zero attached hydrogens (tertiary/aromatic N) is 4. The van der Waals surface area contributed by atoms with E-state index in [1.165, 1.54) is 21.7 Å². The van der Waals surface area contributed by atoms with Crippen LogP contribution in [-0.2, 0) is 11.2 Å². The Morgan fingerprint density at radius 2 is 1.53 bits per heavy atom. The van der Waals surface area contributed by atoms with Crippen LogP contribution in [0.1, 0.15) is 50.2 Å². The number of fused-ring (bicyclic) bond motifs is 1. The quantitative estimate of drug-likeness (QED) is 0.377. The molecule has 43 heavy (non-hydrogen) atoms. The summed E-state index contributed by atoms with van der Waals surface area (Å²) in [5.74, 6) is 0.481. The van der Waals surface area contributed by atoms with Crippen LogP contribution in [0, 0.1) is 19.8 Å². The Labute approximate surface area is 253 Å². The van der Waals surface area contributed by atoms with Crippen molar-refractivity contribution >= 4 is 29.1 Å². The number of ether oxygens (including phenoxy) is 1. The Balaban J connectivity index is 1.06. The molecule has 6 rings (SSSR count). The fourth-order valence-electron chi connectivity index (χ4n) is 6.88. The third-order valence-electron chi connectivity index (χ3n) is 9.24. The van der Waals surface area contributed by atoms with E-state index in [9.17, 15) is 14.4 Å². The molecule has 3 aromatic carbocycles. The topological polar surface area (TPSA) is 73.4 Å². The molecule has 2 saturated heterocycles. The van der Waals surface area contributed by atoms with Gasteiger partial charge in [0.15, 0.2) is 0 Å². The van der Waals surface area contributed by atoms with E-state index in [-0.39, 0.29) is 23.6 Å². The van der Waals surface area contributed by atoms with Crippen LogP contribution in [-0.4, -0.2) is 80.4 Å². The summed E-state index contributed by atoms with van der Waals surface area (Å²) in [6, 6.07) is 19.8. The van der Waals surface area contributed by atoms with E-state index in [0.29, 0.717) is 37.2 Å². The number of imide groups is 1. The number of hydrogen-bond donors (Lipinski definition) is 0. The summed E-state index contributed by atoms with van der Waals surface area (Å²) in [6.07, 6.45) is 2.00. The van der Waals surface area contributed by atoms with Gasteiger partial charge in [-0.05, 0) is 68.5 Å². The molecule has 0 saturated carbocycles. The van der Waals surface area contributed by atoms with E-state index in [0.717, 1.165) is 56.0 Å². The van der Waals surface area contributed by atoms with Crippen LogP contribution in [0.25, 0.3) is 0 Å². The van der Waals surface area contributed by atoms with Crippen LogP contribution in [0.5, 0.6) is 5.75 Å². The zero-order valence-electron chi connectivity index (χ0n) is 25.3. The van der Waals surface area contributed by atoms with Crippen LogP contribution in [0.15, 0.2) is 60.7 Å². The van der Waals surface area contributed by atoms with Crippen molar-refractivity contribution in [1.29, 1.82) is 0 Å². The first-order valence-corrected chi connectivity index (χ1v) is 15.3. The van der Waals surface area contributed by atoms with Gasteiger partial charge in [-0.1, -0.05) is 42.0 Å². The number of carbonyl (C=O) groups excluding carboxylic acids is 3. The lowest BCUT2D eigenvalue weighted by molar-refractivity contribution is -0.136. The summed E-state index contributed by atoms with van der Waals surface area (Å²) in [4.78, 5) is 48.3. The van der Waals surface area contributed by atoms with Crippen molar-refractivity contribution in [2.24, 2.45) is 5.92 Å². The molecule has 0 atom stereocenters. The minimum Gasteiger partial charge on any atom is -0.496 e. The van der Waals surface area contributed by atoms with E-state index >= 15 is 0 Å². The molecule has 0 aromatic heterocycles. The predicted molar refractivity (Wildman–Crippen MR) is 168 cm³/mol. The standard InChI is InChI=1S/C35H40N4O4/c1-24-11-12-29(25(2)23-24)37-19-21-38(22-20-37)33(40)27-13-16-36(17-14-27)30-9-6-8-28-32(30)35(42)39(34(28)41)18-15-26-7-4-5-10-31(26)43-3/h4-12,23,27H,13-22H2,1-3H3. The Hall–Kier alpha value is -4.33. The Morgan fingerprint density at radius 3 is 2.26 bits per heavy atom.